The molecule has 0 aliphatic heterocycles. The van der Waals surface area contributed by atoms with Gasteiger partial charge >= 0.3 is 0 Å². The van der Waals surface area contributed by atoms with Crippen molar-refractivity contribution < 1.29 is 4.79 Å². The number of carbonyl (C=O) groups excluding carboxylic acids is 1. The van der Waals surface area contributed by atoms with Gasteiger partial charge in [-0.05, 0) is 65.9 Å². The number of rotatable bonds is 3. The fraction of sp³-hybridized carbons (Fsp3) is 0.111. The molecule has 0 saturated carbocycles. The second-order valence-electron chi connectivity index (χ2n) is 5.38. The molecular weight excluding hydrogens is 403 g/mol. The van der Waals surface area contributed by atoms with Crippen molar-refractivity contribution in [1.82, 2.24) is 4.57 Å². The van der Waals surface area contributed by atoms with Gasteiger partial charge in [0.15, 0.2) is 5.43 Å². The zero-order chi connectivity index (χ0) is 16.4. The molecule has 0 fully saturated rings. The van der Waals surface area contributed by atoms with Gasteiger partial charge in [-0.3, -0.25) is 9.59 Å². The number of amides is 1. The maximum absolute atomic E-state index is 12.3. The number of pyridine rings is 1. The van der Waals surface area contributed by atoms with E-state index in [4.69, 9.17) is 0 Å². The Morgan fingerprint density at radius 2 is 1.87 bits per heavy atom. The third kappa shape index (κ3) is 3.61. The summed E-state index contributed by atoms with van der Waals surface area (Å²) in [4.78, 5) is 24.2. The van der Waals surface area contributed by atoms with E-state index in [0.717, 1.165) is 20.3 Å². The summed E-state index contributed by atoms with van der Waals surface area (Å²) in [5.74, 6) is -0.128. The van der Waals surface area contributed by atoms with Gasteiger partial charge in [0.05, 0.1) is 5.52 Å². The van der Waals surface area contributed by atoms with Gasteiger partial charge in [-0.1, -0.05) is 11.6 Å². The van der Waals surface area contributed by atoms with Crippen LogP contribution >= 0.6 is 22.6 Å². The Kier molecular flexibility index (Phi) is 4.47. The largest absolute Gasteiger partial charge is 0.338 e. The van der Waals surface area contributed by atoms with Crippen LogP contribution in [0.15, 0.2) is 59.5 Å². The summed E-state index contributed by atoms with van der Waals surface area (Å²) in [6.07, 6.45) is 1.66. The summed E-state index contributed by atoms with van der Waals surface area (Å²) in [7, 11) is 0. The van der Waals surface area contributed by atoms with Gasteiger partial charge in [0.1, 0.15) is 6.54 Å². The van der Waals surface area contributed by atoms with Crippen molar-refractivity contribution in [3.8, 4) is 0 Å². The molecule has 0 radical (unpaired) electrons. The highest BCUT2D eigenvalue weighted by Gasteiger charge is 2.07. The summed E-state index contributed by atoms with van der Waals surface area (Å²) >= 11 is 2.22. The molecule has 1 heterocycles. The zero-order valence-corrected chi connectivity index (χ0v) is 14.7. The van der Waals surface area contributed by atoms with Crippen LogP contribution in [0.2, 0.25) is 0 Å². The van der Waals surface area contributed by atoms with Crippen LogP contribution in [0.4, 0.5) is 5.69 Å². The van der Waals surface area contributed by atoms with Crippen molar-refractivity contribution in [1.29, 1.82) is 0 Å². The van der Waals surface area contributed by atoms with Crippen LogP contribution < -0.4 is 10.7 Å². The minimum Gasteiger partial charge on any atom is -0.338 e. The number of benzene rings is 2. The summed E-state index contributed by atoms with van der Waals surface area (Å²) in [5.41, 5.74) is 2.52. The molecule has 23 heavy (non-hydrogen) atoms. The molecule has 0 atom stereocenters. The van der Waals surface area contributed by atoms with Crippen molar-refractivity contribution >= 4 is 45.1 Å². The molecule has 4 nitrogen and oxygen atoms in total. The number of aryl methyl sites for hydroxylation is 1. The fourth-order valence-electron chi connectivity index (χ4n) is 2.45. The van der Waals surface area contributed by atoms with Gasteiger partial charge < -0.3 is 9.88 Å². The van der Waals surface area contributed by atoms with E-state index in [-0.39, 0.29) is 17.9 Å². The normalized spacial score (nSPS) is 10.7. The number of hydrogen-bond acceptors (Lipinski definition) is 2. The number of aromatic nitrogens is 1. The van der Waals surface area contributed by atoms with Crippen molar-refractivity contribution in [3.05, 3.63) is 74.1 Å². The van der Waals surface area contributed by atoms with E-state index < -0.39 is 0 Å². The Hall–Kier alpha value is -2.15. The highest BCUT2D eigenvalue weighted by atomic mass is 127. The van der Waals surface area contributed by atoms with E-state index in [9.17, 15) is 9.59 Å². The Balaban J connectivity index is 1.86. The molecule has 1 N–H and O–H groups in total. The number of anilines is 1. The van der Waals surface area contributed by atoms with E-state index in [1.165, 1.54) is 6.07 Å². The Bertz CT molecular complexity index is 930. The molecule has 3 aromatic rings. The first kappa shape index (κ1) is 15.7. The molecule has 1 aromatic heterocycles. The highest BCUT2D eigenvalue weighted by molar-refractivity contribution is 14.1. The third-order valence-electron chi connectivity index (χ3n) is 3.57. The summed E-state index contributed by atoms with van der Waals surface area (Å²) < 4.78 is 2.90. The van der Waals surface area contributed by atoms with Crippen molar-refractivity contribution in [2.24, 2.45) is 0 Å². The van der Waals surface area contributed by atoms with Crippen molar-refractivity contribution in [3.63, 3.8) is 0 Å². The van der Waals surface area contributed by atoms with Crippen LogP contribution in [0.5, 0.6) is 0 Å². The molecule has 116 valence electrons. The topological polar surface area (TPSA) is 51.1 Å². The van der Waals surface area contributed by atoms with Gasteiger partial charge in [-0.2, -0.15) is 0 Å². The van der Waals surface area contributed by atoms with Gasteiger partial charge in [-0.15, -0.1) is 0 Å². The number of nitrogens with zero attached hydrogens (tertiary/aromatic N) is 1. The molecule has 1 amide bonds. The lowest BCUT2D eigenvalue weighted by Crippen LogP contribution is -2.20. The Morgan fingerprint density at radius 3 is 2.61 bits per heavy atom. The summed E-state index contributed by atoms with van der Waals surface area (Å²) in [5, 5.41) is 3.50. The number of nitrogens with one attached hydrogen (secondary N) is 1. The molecule has 2 aromatic carbocycles. The Labute approximate surface area is 147 Å². The van der Waals surface area contributed by atoms with Gasteiger partial charge in [-0.25, -0.2) is 0 Å². The van der Waals surface area contributed by atoms with Crippen LogP contribution in [0.25, 0.3) is 10.9 Å². The smallest absolute Gasteiger partial charge is 0.244 e. The predicted octanol–water partition coefficient (Wildman–Crippen LogP) is 3.55. The van der Waals surface area contributed by atoms with Crippen LogP contribution in [0.3, 0.4) is 0 Å². The second kappa shape index (κ2) is 6.54. The minimum atomic E-state index is -0.128. The first-order valence-corrected chi connectivity index (χ1v) is 8.26. The molecule has 0 aliphatic rings. The van der Waals surface area contributed by atoms with E-state index in [0.29, 0.717) is 5.39 Å². The number of hydrogen-bond donors (Lipinski definition) is 1. The average molecular weight is 418 g/mol. The molecule has 0 spiro atoms. The van der Waals surface area contributed by atoms with E-state index in [2.05, 4.69) is 27.9 Å². The molecule has 3 rings (SSSR count). The van der Waals surface area contributed by atoms with E-state index in [1.807, 2.05) is 49.4 Å². The highest BCUT2D eigenvalue weighted by Crippen LogP contribution is 2.14. The quantitative estimate of drug-likeness (QED) is 0.662. The lowest BCUT2D eigenvalue weighted by Gasteiger charge is -2.11. The lowest BCUT2D eigenvalue weighted by atomic mass is 10.1. The van der Waals surface area contributed by atoms with Gasteiger partial charge in [0.2, 0.25) is 5.91 Å². The molecule has 0 bridgehead atoms. The predicted molar refractivity (Wildman–Crippen MR) is 101 cm³/mol. The van der Waals surface area contributed by atoms with Crippen LogP contribution in [0.1, 0.15) is 5.56 Å². The first-order chi connectivity index (χ1) is 11.0. The van der Waals surface area contributed by atoms with E-state index >= 15 is 0 Å². The number of fused-ring (bicyclic) bond motifs is 1. The fourth-order valence-corrected chi connectivity index (χ4v) is 2.81. The average Bonchev–Trinajstić information content (AvgIpc) is 2.52. The van der Waals surface area contributed by atoms with Gasteiger partial charge in [0.25, 0.3) is 0 Å². The second-order valence-corrected chi connectivity index (χ2v) is 6.63. The first-order valence-electron chi connectivity index (χ1n) is 7.18. The number of carbonyl (C=O) groups is 1. The Morgan fingerprint density at radius 1 is 1.13 bits per heavy atom. The van der Waals surface area contributed by atoms with E-state index in [1.54, 1.807) is 10.8 Å². The van der Waals surface area contributed by atoms with Crippen molar-refractivity contribution in [2.75, 3.05) is 5.32 Å². The summed E-state index contributed by atoms with van der Waals surface area (Å²) in [6.45, 7) is 2.10. The summed E-state index contributed by atoms with van der Waals surface area (Å²) in [6, 6.07) is 14.8. The minimum absolute atomic E-state index is 0.0296. The van der Waals surface area contributed by atoms with Crippen molar-refractivity contribution in [2.45, 2.75) is 13.5 Å². The third-order valence-corrected chi connectivity index (χ3v) is 4.29. The SMILES string of the molecule is Cc1ccc2c(c1)c(=O)ccn2CC(=O)Nc1ccc(I)cc1. The molecule has 0 unspecified atom stereocenters. The molecular formula is C18H15IN2O2. The lowest BCUT2D eigenvalue weighted by molar-refractivity contribution is -0.116. The maximum Gasteiger partial charge on any atom is 0.244 e. The number of halogens is 1. The maximum atomic E-state index is 12.3. The zero-order valence-electron chi connectivity index (χ0n) is 12.5. The monoisotopic (exact) mass is 418 g/mol. The van der Waals surface area contributed by atoms with Gasteiger partial charge in [0, 0.05) is 26.9 Å². The molecule has 5 heteroatoms. The molecule has 0 aliphatic carbocycles. The molecule has 0 saturated heterocycles. The standard InChI is InChI=1S/C18H15IN2O2/c1-12-2-7-16-15(10-12)17(22)8-9-21(16)11-18(23)20-14-5-3-13(19)4-6-14/h2-10H,11H2,1H3,(H,20,23). The van der Waals surface area contributed by atoms with Crippen LogP contribution in [-0.2, 0) is 11.3 Å². The van der Waals surface area contributed by atoms with Crippen LogP contribution in [-0.4, -0.2) is 10.5 Å². The van der Waals surface area contributed by atoms with Crippen LogP contribution in [0, 0.1) is 10.5 Å².